The maximum atomic E-state index is 13.1. The number of amides is 1. The predicted molar refractivity (Wildman–Crippen MR) is 109 cm³/mol. The molecule has 1 aliphatic rings. The second kappa shape index (κ2) is 8.66. The molecule has 1 aromatic carbocycles. The fourth-order valence-electron chi connectivity index (χ4n) is 3.49. The summed E-state index contributed by atoms with van der Waals surface area (Å²) in [5.41, 5.74) is 1.42. The number of anilines is 1. The van der Waals surface area contributed by atoms with Crippen molar-refractivity contribution in [2.45, 2.75) is 25.8 Å². The van der Waals surface area contributed by atoms with Gasteiger partial charge in [-0.1, -0.05) is 24.3 Å². The van der Waals surface area contributed by atoms with Crippen molar-refractivity contribution >= 4 is 22.8 Å². The van der Waals surface area contributed by atoms with Gasteiger partial charge in [0.1, 0.15) is 0 Å². The van der Waals surface area contributed by atoms with Gasteiger partial charge in [0, 0.05) is 39.1 Å². The van der Waals surface area contributed by atoms with Gasteiger partial charge in [-0.2, -0.15) is 0 Å². The highest BCUT2D eigenvalue weighted by Crippen LogP contribution is 2.18. The molecule has 1 aromatic heterocycles. The quantitative estimate of drug-likeness (QED) is 0.674. The highest BCUT2D eigenvalue weighted by molar-refractivity contribution is 5.78. The highest BCUT2D eigenvalue weighted by Gasteiger charge is 2.20. The summed E-state index contributed by atoms with van der Waals surface area (Å²) < 4.78 is 1.69. The summed E-state index contributed by atoms with van der Waals surface area (Å²) in [6.07, 6.45) is 5.78. The van der Waals surface area contributed by atoms with Gasteiger partial charge in [0.15, 0.2) is 5.82 Å². The Morgan fingerprint density at radius 2 is 1.81 bits per heavy atom. The molecule has 0 unspecified atom stereocenters. The zero-order chi connectivity index (χ0) is 19.2. The number of hydrogen-bond donors (Lipinski definition) is 0. The molecular formula is C21H26N4O2. The Bertz CT molecular complexity index is 887. The second-order valence-electron chi connectivity index (χ2n) is 6.70. The zero-order valence-corrected chi connectivity index (χ0v) is 15.6. The standard InChI is InChI=1S/C21H26N4O2/c1-3-12-23(13-4-2)19(26)11-16-25-18-10-6-5-9-17(18)22-20(21(25)27)24-14-7-8-15-24/h3-6,9-10H,1-2,7-8,11-16H2. The Kier molecular flexibility index (Phi) is 6.06. The average molecular weight is 366 g/mol. The predicted octanol–water partition coefficient (Wildman–Crippen LogP) is 2.59. The first-order valence-corrected chi connectivity index (χ1v) is 9.39. The Morgan fingerprint density at radius 1 is 1.15 bits per heavy atom. The number of carbonyl (C=O) groups is 1. The van der Waals surface area contributed by atoms with Crippen molar-refractivity contribution in [3.8, 4) is 0 Å². The monoisotopic (exact) mass is 366 g/mol. The number of para-hydroxylation sites is 2. The van der Waals surface area contributed by atoms with E-state index in [9.17, 15) is 9.59 Å². The van der Waals surface area contributed by atoms with E-state index >= 15 is 0 Å². The normalized spacial score (nSPS) is 13.7. The number of rotatable bonds is 8. The third kappa shape index (κ3) is 4.10. The van der Waals surface area contributed by atoms with Gasteiger partial charge < -0.3 is 14.4 Å². The first-order valence-electron chi connectivity index (χ1n) is 9.39. The fraction of sp³-hybridized carbons (Fsp3) is 0.381. The smallest absolute Gasteiger partial charge is 0.294 e. The summed E-state index contributed by atoms with van der Waals surface area (Å²) in [5, 5.41) is 0. The van der Waals surface area contributed by atoms with Gasteiger partial charge in [0.05, 0.1) is 11.0 Å². The van der Waals surface area contributed by atoms with Crippen LogP contribution in [0.1, 0.15) is 19.3 Å². The van der Waals surface area contributed by atoms with Crippen LogP contribution in [0.5, 0.6) is 0 Å². The lowest BCUT2D eigenvalue weighted by atomic mass is 10.2. The first kappa shape index (κ1) is 18.9. The van der Waals surface area contributed by atoms with Crippen molar-refractivity contribution in [3.63, 3.8) is 0 Å². The van der Waals surface area contributed by atoms with E-state index in [1.165, 1.54) is 0 Å². The van der Waals surface area contributed by atoms with Crippen LogP contribution in [0, 0.1) is 0 Å². The molecular weight excluding hydrogens is 340 g/mol. The molecule has 1 aliphatic heterocycles. The van der Waals surface area contributed by atoms with E-state index < -0.39 is 0 Å². The summed E-state index contributed by atoms with van der Waals surface area (Å²) in [4.78, 5) is 34.0. The molecule has 27 heavy (non-hydrogen) atoms. The minimum absolute atomic E-state index is 0.0229. The van der Waals surface area contributed by atoms with Crippen LogP contribution >= 0.6 is 0 Å². The minimum Gasteiger partial charge on any atom is -0.352 e. The summed E-state index contributed by atoms with van der Waals surface area (Å²) in [6, 6.07) is 7.60. The van der Waals surface area contributed by atoms with E-state index in [-0.39, 0.29) is 17.9 Å². The number of carbonyl (C=O) groups excluding carboxylic acids is 1. The lowest BCUT2D eigenvalue weighted by molar-refractivity contribution is -0.130. The van der Waals surface area contributed by atoms with Gasteiger partial charge >= 0.3 is 0 Å². The van der Waals surface area contributed by atoms with Crippen LogP contribution in [0.3, 0.4) is 0 Å². The van der Waals surface area contributed by atoms with Crippen molar-refractivity contribution in [3.05, 3.63) is 59.9 Å². The number of nitrogens with zero attached hydrogens (tertiary/aromatic N) is 4. The lowest BCUT2D eigenvalue weighted by Gasteiger charge is -2.21. The minimum atomic E-state index is -0.123. The van der Waals surface area contributed by atoms with Crippen LogP contribution in [-0.4, -0.2) is 46.5 Å². The molecule has 0 atom stereocenters. The number of benzene rings is 1. The molecule has 142 valence electrons. The molecule has 1 amide bonds. The number of fused-ring (bicyclic) bond motifs is 1. The Labute approximate surface area is 159 Å². The average Bonchev–Trinajstić information content (AvgIpc) is 3.21. The van der Waals surface area contributed by atoms with E-state index in [1.54, 1.807) is 21.6 Å². The van der Waals surface area contributed by atoms with Crippen molar-refractivity contribution < 1.29 is 4.79 Å². The van der Waals surface area contributed by atoms with Crippen LogP contribution in [0.4, 0.5) is 5.82 Å². The van der Waals surface area contributed by atoms with Crippen molar-refractivity contribution in [2.75, 3.05) is 31.1 Å². The molecule has 0 radical (unpaired) electrons. The molecule has 1 fully saturated rings. The molecule has 0 saturated carbocycles. The second-order valence-corrected chi connectivity index (χ2v) is 6.70. The number of aromatic nitrogens is 2. The van der Waals surface area contributed by atoms with Gasteiger partial charge in [-0.15, -0.1) is 13.2 Å². The van der Waals surface area contributed by atoms with E-state index in [4.69, 9.17) is 0 Å². The zero-order valence-electron chi connectivity index (χ0n) is 15.6. The lowest BCUT2D eigenvalue weighted by Crippen LogP contribution is -2.35. The summed E-state index contributed by atoms with van der Waals surface area (Å²) in [7, 11) is 0. The highest BCUT2D eigenvalue weighted by atomic mass is 16.2. The third-order valence-electron chi connectivity index (χ3n) is 4.84. The van der Waals surface area contributed by atoms with E-state index in [2.05, 4.69) is 23.0 Å². The van der Waals surface area contributed by atoms with Crippen LogP contribution < -0.4 is 10.5 Å². The molecule has 3 rings (SSSR count). The molecule has 0 aliphatic carbocycles. The molecule has 6 nitrogen and oxygen atoms in total. The number of hydrogen-bond acceptors (Lipinski definition) is 4. The summed E-state index contributed by atoms with van der Waals surface area (Å²) in [6.45, 7) is 10.4. The Morgan fingerprint density at radius 3 is 2.48 bits per heavy atom. The van der Waals surface area contributed by atoms with Gasteiger partial charge in [-0.25, -0.2) is 4.98 Å². The largest absolute Gasteiger partial charge is 0.352 e. The topological polar surface area (TPSA) is 58.4 Å². The third-order valence-corrected chi connectivity index (χ3v) is 4.84. The van der Waals surface area contributed by atoms with Gasteiger partial charge in [0.2, 0.25) is 5.91 Å². The Hall–Kier alpha value is -2.89. The van der Waals surface area contributed by atoms with Crippen LogP contribution in [0.2, 0.25) is 0 Å². The van der Waals surface area contributed by atoms with E-state index in [1.807, 2.05) is 24.3 Å². The molecule has 2 aromatic rings. The van der Waals surface area contributed by atoms with Gasteiger partial charge in [-0.3, -0.25) is 9.59 Å². The van der Waals surface area contributed by atoms with E-state index in [0.29, 0.717) is 25.5 Å². The van der Waals surface area contributed by atoms with E-state index in [0.717, 1.165) is 37.0 Å². The molecule has 2 heterocycles. The van der Waals surface area contributed by atoms with Crippen LogP contribution in [0.25, 0.3) is 11.0 Å². The van der Waals surface area contributed by atoms with Crippen LogP contribution in [-0.2, 0) is 11.3 Å². The summed E-state index contributed by atoms with van der Waals surface area (Å²) >= 11 is 0. The first-order chi connectivity index (χ1) is 13.2. The molecule has 6 heteroatoms. The molecule has 0 bridgehead atoms. The maximum absolute atomic E-state index is 13.1. The maximum Gasteiger partial charge on any atom is 0.294 e. The Balaban J connectivity index is 1.91. The molecule has 1 saturated heterocycles. The fourth-order valence-corrected chi connectivity index (χ4v) is 3.49. The molecule has 0 N–H and O–H groups in total. The molecule has 0 spiro atoms. The van der Waals surface area contributed by atoms with Crippen molar-refractivity contribution in [2.24, 2.45) is 0 Å². The summed E-state index contributed by atoms with van der Waals surface area (Å²) in [5.74, 6) is 0.470. The van der Waals surface area contributed by atoms with Crippen molar-refractivity contribution in [1.82, 2.24) is 14.5 Å². The van der Waals surface area contributed by atoms with Crippen molar-refractivity contribution in [1.29, 1.82) is 0 Å². The SMILES string of the molecule is C=CCN(CC=C)C(=O)CCn1c(=O)c(N2CCCC2)nc2ccccc21. The number of aryl methyl sites for hydroxylation is 1. The van der Waals surface area contributed by atoms with Gasteiger partial charge in [0.25, 0.3) is 5.56 Å². The van der Waals surface area contributed by atoms with Gasteiger partial charge in [-0.05, 0) is 25.0 Å². The van der Waals surface area contributed by atoms with Crippen LogP contribution in [0.15, 0.2) is 54.4 Å².